The standard InChI is InChI=1S/C57H84/c1-37-5-45-7-39-2-41-9-47-11-43-4-44-12-48-10-42-3-40-8-46-6-38(1)14-49(13-37)25-53(21-45)27-50(15-39,17-41)29-55(23-47)31-52(19-43,20-44)32-56(24-48)30-51(16-40,18-42)28-54(22-46,26-49)34-57(33-53,35-55)36-56/h37-48H,1-36H2. The van der Waals surface area contributed by atoms with Crippen LogP contribution in [-0.2, 0) is 0 Å². The smallest absolute Gasteiger partial charge is 0.0276 e. The molecule has 0 aromatic heterocycles. The van der Waals surface area contributed by atoms with Crippen molar-refractivity contribution in [2.45, 2.75) is 231 Å². The van der Waals surface area contributed by atoms with Crippen LogP contribution >= 0.6 is 0 Å². The van der Waals surface area contributed by atoms with Crippen molar-refractivity contribution < 1.29 is 0 Å². The summed E-state index contributed by atoms with van der Waals surface area (Å²) >= 11 is 0. The number of fused-ring (bicyclic) bond motifs is 12. The minimum atomic E-state index is 0.659. The first-order valence-electron chi connectivity index (χ1n) is 27.4. The molecule has 0 radical (unpaired) electrons. The fourth-order valence-electron chi connectivity index (χ4n) is 29.4. The first-order chi connectivity index (χ1) is 27.4. The van der Waals surface area contributed by atoms with Crippen molar-refractivity contribution in [3.8, 4) is 0 Å². The van der Waals surface area contributed by atoms with Gasteiger partial charge in [-0.15, -0.1) is 0 Å². The Morgan fingerprint density at radius 2 is 0.263 bits per heavy atom. The highest BCUT2D eigenvalue weighted by Crippen LogP contribution is 2.82. The predicted octanol–water partition coefficient (Wildman–Crippen LogP) is 15.5. The summed E-state index contributed by atoms with van der Waals surface area (Å²) in [6, 6.07) is 0. The van der Waals surface area contributed by atoms with Gasteiger partial charge in [0.25, 0.3) is 0 Å². The molecule has 312 valence electrons. The molecule has 16 rings (SSSR count). The first-order valence-corrected chi connectivity index (χ1v) is 27.4. The van der Waals surface area contributed by atoms with Gasteiger partial charge >= 0.3 is 0 Å². The summed E-state index contributed by atoms with van der Waals surface area (Å²) in [7, 11) is 0. The largest absolute Gasteiger partial charge is 0.0475 e. The molecule has 0 aromatic rings. The van der Waals surface area contributed by atoms with Crippen LogP contribution < -0.4 is 0 Å². The van der Waals surface area contributed by atoms with Gasteiger partial charge in [0.1, 0.15) is 0 Å². The maximum Gasteiger partial charge on any atom is -0.0276 e. The van der Waals surface area contributed by atoms with E-state index in [-0.39, 0.29) is 0 Å². The van der Waals surface area contributed by atoms with E-state index in [1.807, 2.05) is 0 Å². The van der Waals surface area contributed by atoms with Crippen LogP contribution in [0, 0.1) is 120 Å². The van der Waals surface area contributed by atoms with Crippen LogP contribution in [0.1, 0.15) is 231 Å². The number of hydrogen-bond donors (Lipinski definition) is 0. The van der Waals surface area contributed by atoms with Crippen LogP contribution in [-0.4, -0.2) is 0 Å². The van der Waals surface area contributed by atoms with Gasteiger partial charge in [0.2, 0.25) is 0 Å². The fourth-order valence-corrected chi connectivity index (χ4v) is 29.4. The van der Waals surface area contributed by atoms with Gasteiger partial charge in [0.05, 0.1) is 0 Å². The van der Waals surface area contributed by atoms with E-state index in [0.29, 0.717) is 48.7 Å². The fraction of sp³-hybridized carbons (Fsp3) is 1.00. The Balaban J connectivity index is 0.996. The molecule has 0 saturated heterocycles. The molecule has 16 aliphatic rings. The Kier molecular flexibility index (Phi) is 6.45. The Morgan fingerprint density at radius 3 is 0.421 bits per heavy atom. The number of hydrogen-bond acceptors (Lipinski definition) is 0. The molecular formula is C57H84. The van der Waals surface area contributed by atoms with Crippen molar-refractivity contribution in [3.05, 3.63) is 0 Å². The molecule has 0 N–H and O–H groups in total. The van der Waals surface area contributed by atoms with E-state index in [0.717, 1.165) is 71.0 Å². The van der Waals surface area contributed by atoms with Crippen LogP contribution in [0.15, 0.2) is 0 Å². The topological polar surface area (TPSA) is 0 Å². The summed E-state index contributed by atoms with van der Waals surface area (Å²) in [5.74, 6) is 13.1. The van der Waals surface area contributed by atoms with Crippen molar-refractivity contribution in [1.29, 1.82) is 0 Å². The van der Waals surface area contributed by atoms with Crippen LogP contribution in [0.2, 0.25) is 0 Å². The third kappa shape index (κ3) is 5.04. The minimum absolute atomic E-state index is 0.659. The summed E-state index contributed by atoms with van der Waals surface area (Å²) in [6.07, 6.45) is 61.9. The molecule has 0 heterocycles. The molecule has 16 aliphatic carbocycles. The Labute approximate surface area is 349 Å². The molecule has 0 aliphatic heterocycles. The zero-order valence-corrected chi connectivity index (χ0v) is 36.9. The molecule has 0 nitrogen and oxygen atoms in total. The minimum Gasteiger partial charge on any atom is -0.0475 e. The molecule has 8 atom stereocenters. The molecular weight excluding hydrogens is 685 g/mol. The maximum absolute atomic E-state index is 1.77. The van der Waals surface area contributed by atoms with Crippen molar-refractivity contribution >= 4 is 0 Å². The quantitative estimate of drug-likeness (QED) is 0.230. The molecule has 0 aromatic carbocycles. The highest BCUT2D eigenvalue weighted by atomic mass is 14.8. The van der Waals surface area contributed by atoms with Gasteiger partial charge in [-0.05, 0) is 351 Å². The van der Waals surface area contributed by atoms with E-state index in [2.05, 4.69) is 0 Å². The Hall–Kier alpha value is 0. The van der Waals surface area contributed by atoms with Crippen molar-refractivity contribution in [3.63, 3.8) is 0 Å². The van der Waals surface area contributed by atoms with Gasteiger partial charge in [-0.3, -0.25) is 0 Å². The van der Waals surface area contributed by atoms with E-state index in [1.165, 1.54) is 0 Å². The zero-order chi connectivity index (χ0) is 36.9. The lowest BCUT2D eigenvalue weighted by molar-refractivity contribution is -0.231. The summed E-state index contributed by atoms with van der Waals surface area (Å²) in [5, 5.41) is 0. The average Bonchev–Trinajstić information content (AvgIpc) is 3.00. The monoisotopic (exact) mass is 769 g/mol. The molecule has 21 bridgehead atoms. The van der Waals surface area contributed by atoms with Crippen LogP contribution in [0.4, 0.5) is 0 Å². The van der Waals surface area contributed by atoms with Gasteiger partial charge in [0.15, 0.2) is 0 Å². The Bertz CT molecular complexity index is 1400. The van der Waals surface area contributed by atoms with E-state index >= 15 is 0 Å². The molecule has 0 heteroatoms. The van der Waals surface area contributed by atoms with Crippen LogP contribution in [0.3, 0.4) is 0 Å². The van der Waals surface area contributed by atoms with E-state index in [1.54, 1.807) is 231 Å². The molecule has 9 spiro atoms. The second-order valence-corrected chi connectivity index (χ2v) is 31.3. The van der Waals surface area contributed by atoms with Crippen molar-refractivity contribution in [1.82, 2.24) is 0 Å². The van der Waals surface area contributed by atoms with Gasteiger partial charge in [0, 0.05) is 0 Å². The molecule has 8 unspecified atom stereocenters. The van der Waals surface area contributed by atoms with Gasteiger partial charge < -0.3 is 0 Å². The average molecular weight is 769 g/mol. The highest BCUT2D eigenvalue weighted by molar-refractivity contribution is 5.21. The van der Waals surface area contributed by atoms with E-state index in [9.17, 15) is 0 Å². The summed E-state index contributed by atoms with van der Waals surface area (Å²) in [6.45, 7) is 0. The van der Waals surface area contributed by atoms with Gasteiger partial charge in [-0.25, -0.2) is 0 Å². The SMILES string of the molecule is C1C2CC3CC4CC5CC6CC7CC8CC9CC%10CC%11CC%12CC1CC1(C2)CC2(C3)CC(C4)(C5)CC3(C6)CC(C7)(C8)CC4(C9)CC(C%11)(C%10)CC(C%12)(C1)CC(C2)(C3)C4. The summed E-state index contributed by atoms with van der Waals surface area (Å²) in [4.78, 5) is 0. The van der Waals surface area contributed by atoms with Crippen molar-refractivity contribution in [2.75, 3.05) is 0 Å². The molecule has 57 heavy (non-hydrogen) atoms. The predicted molar refractivity (Wildman–Crippen MR) is 230 cm³/mol. The van der Waals surface area contributed by atoms with Gasteiger partial charge in [-0.1, -0.05) is 0 Å². The third-order valence-electron chi connectivity index (χ3n) is 25.7. The maximum atomic E-state index is 1.77. The molecule has 16 fully saturated rings. The number of rotatable bonds is 0. The van der Waals surface area contributed by atoms with Crippen LogP contribution in [0.25, 0.3) is 0 Å². The van der Waals surface area contributed by atoms with E-state index in [4.69, 9.17) is 0 Å². The Morgan fingerprint density at radius 1 is 0.140 bits per heavy atom. The zero-order valence-electron chi connectivity index (χ0n) is 36.9. The third-order valence-corrected chi connectivity index (χ3v) is 25.7. The first kappa shape index (κ1) is 34.5. The highest BCUT2D eigenvalue weighted by Gasteiger charge is 2.71. The normalized spacial score (nSPS) is 68.2. The molecule has 0 amide bonds. The second kappa shape index (κ2) is 10.7. The summed E-state index contributed by atoms with van der Waals surface area (Å²) < 4.78 is 0. The lowest BCUT2D eigenvalue weighted by Gasteiger charge is -2.73. The molecule has 16 saturated carbocycles. The lowest BCUT2D eigenvalue weighted by Crippen LogP contribution is -2.63. The summed E-state index contributed by atoms with van der Waals surface area (Å²) in [5.41, 5.74) is 6.24. The second-order valence-electron chi connectivity index (χ2n) is 31.3. The lowest BCUT2D eigenvalue weighted by atomic mass is 9.31. The van der Waals surface area contributed by atoms with E-state index < -0.39 is 0 Å². The van der Waals surface area contributed by atoms with Crippen LogP contribution in [0.5, 0.6) is 0 Å². The van der Waals surface area contributed by atoms with Crippen molar-refractivity contribution in [2.24, 2.45) is 120 Å². The van der Waals surface area contributed by atoms with Gasteiger partial charge in [-0.2, -0.15) is 0 Å².